The van der Waals surface area contributed by atoms with Gasteiger partial charge in [-0.05, 0) is 41.5 Å². The Balaban J connectivity index is 2.08. The second-order valence-corrected chi connectivity index (χ2v) is 5.57. The first kappa shape index (κ1) is 16.4. The van der Waals surface area contributed by atoms with Gasteiger partial charge in [-0.2, -0.15) is 0 Å². The van der Waals surface area contributed by atoms with Crippen LogP contribution >= 0.6 is 15.9 Å². The zero-order valence-electron chi connectivity index (χ0n) is 12.1. The van der Waals surface area contributed by atoms with E-state index < -0.39 is 0 Å². The quantitative estimate of drug-likeness (QED) is 0.502. The summed E-state index contributed by atoms with van der Waals surface area (Å²) in [6.07, 6.45) is 3.08. The van der Waals surface area contributed by atoms with Gasteiger partial charge in [0.1, 0.15) is 7.85 Å². The molecular weight excluding hydrogens is 341 g/mol. The third-order valence-corrected chi connectivity index (χ3v) is 3.58. The molecule has 3 nitrogen and oxygen atoms in total. The van der Waals surface area contributed by atoms with Crippen LogP contribution in [0.4, 0.5) is 5.69 Å². The van der Waals surface area contributed by atoms with Crippen molar-refractivity contribution in [2.75, 3.05) is 12.4 Å². The van der Waals surface area contributed by atoms with Gasteiger partial charge in [0.05, 0.1) is 7.11 Å². The molecule has 2 aromatic rings. The van der Waals surface area contributed by atoms with Gasteiger partial charge in [-0.1, -0.05) is 40.2 Å². The third-order valence-electron chi connectivity index (χ3n) is 3.05. The molecule has 1 atom stereocenters. The summed E-state index contributed by atoms with van der Waals surface area (Å²) in [5.41, 5.74) is 2.75. The van der Waals surface area contributed by atoms with Gasteiger partial charge in [0, 0.05) is 22.2 Å². The molecule has 0 spiro atoms. The maximum Gasteiger partial charge on any atom is 0.330 e. The SMILES string of the molecule is [B]C(Nc1cccc(/C=C/C(=O)OC)c1)c1ccc(Br)cc1. The molecule has 110 valence electrons. The van der Waals surface area contributed by atoms with Gasteiger partial charge in [0.15, 0.2) is 0 Å². The normalized spacial score (nSPS) is 12.1. The number of nitrogens with one attached hydrogen (secondary N) is 1. The van der Waals surface area contributed by atoms with Crippen LogP contribution in [0.15, 0.2) is 59.1 Å². The first-order valence-corrected chi connectivity index (χ1v) is 7.51. The van der Waals surface area contributed by atoms with E-state index >= 15 is 0 Å². The Bertz CT molecular complexity index is 671. The summed E-state index contributed by atoms with van der Waals surface area (Å²) in [7, 11) is 7.50. The van der Waals surface area contributed by atoms with Gasteiger partial charge in [-0.15, -0.1) is 0 Å². The maximum atomic E-state index is 11.1. The Kier molecular flexibility index (Phi) is 5.84. The highest BCUT2D eigenvalue weighted by atomic mass is 79.9. The van der Waals surface area contributed by atoms with Crippen molar-refractivity contribution in [3.63, 3.8) is 0 Å². The fourth-order valence-electron chi connectivity index (χ4n) is 1.90. The molecule has 22 heavy (non-hydrogen) atoms. The zero-order valence-corrected chi connectivity index (χ0v) is 13.7. The van der Waals surface area contributed by atoms with E-state index in [1.165, 1.54) is 13.2 Å². The van der Waals surface area contributed by atoms with Crippen molar-refractivity contribution >= 4 is 41.5 Å². The lowest BCUT2D eigenvalue weighted by molar-refractivity contribution is -0.134. The van der Waals surface area contributed by atoms with Crippen LogP contribution in [-0.2, 0) is 9.53 Å². The van der Waals surface area contributed by atoms with E-state index in [2.05, 4.69) is 26.0 Å². The number of ether oxygens (including phenoxy) is 1. The van der Waals surface area contributed by atoms with Gasteiger partial charge >= 0.3 is 5.97 Å². The highest BCUT2D eigenvalue weighted by molar-refractivity contribution is 9.10. The minimum atomic E-state index is -0.384. The topological polar surface area (TPSA) is 38.3 Å². The molecule has 0 amide bonds. The predicted molar refractivity (Wildman–Crippen MR) is 93.8 cm³/mol. The first-order chi connectivity index (χ1) is 10.6. The molecule has 0 aliphatic rings. The summed E-state index contributed by atoms with van der Waals surface area (Å²) < 4.78 is 5.58. The van der Waals surface area contributed by atoms with E-state index in [4.69, 9.17) is 7.85 Å². The fraction of sp³-hybridized carbons (Fsp3) is 0.118. The van der Waals surface area contributed by atoms with Gasteiger partial charge < -0.3 is 10.1 Å². The maximum absolute atomic E-state index is 11.1. The zero-order chi connectivity index (χ0) is 15.9. The van der Waals surface area contributed by atoms with E-state index in [1.54, 1.807) is 6.08 Å². The van der Waals surface area contributed by atoms with Crippen molar-refractivity contribution in [3.8, 4) is 0 Å². The number of methoxy groups -OCH3 is 1. The van der Waals surface area contributed by atoms with E-state index in [0.717, 1.165) is 21.3 Å². The number of rotatable bonds is 5. The number of halogens is 1. The lowest BCUT2D eigenvalue weighted by Crippen LogP contribution is -2.10. The number of benzene rings is 2. The van der Waals surface area contributed by atoms with Crippen LogP contribution < -0.4 is 5.32 Å². The van der Waals surface area contributed by atoms with Crippen LogP contribution in [0.5, 0.6) is 0 Å². The van der Waals surface area contributed by atoms with Gasteiger partial charge in [0.2, 0.25) is 0 Å². The lowest BCUT2D eigenvalue weighted by Gasteiger charge is -2.16. The number of hydrogen-bond acceptors (Lipinski definition) is 3. The smallest absolute Gasteiger partial charge is 0.330 e. The molecule has 0 saturated carbocycles. The highest BCUT2D eigenvalue weighted by Crippen LogP contribution is 2.20. The van der Waals surface area contributed by atoms with Crippen molar-refractivity contribution in [2.24, 2.45) is 0 Å². The average Bonchev–Trinajstić information content (AvgIpc) is 2.53. The summed E-state index contributed by atoms with van der Waals surface area (Å²) in [6, 6.07) is 15.5. The molecule has 0 aliphatic carbocycles. The number of carbonyl (C=O) groups is 1. The largest absolute Gasteiger partial charge is 0.466 e. The Labute approximate surface area is 139 Å². The van der Waals surface area contributed by atoms with Crippen LogP contribution in [0.25, 0.3) is 6.08 Å². The van der Waals surface area contributed by atoms with Crippen LogP contribution in [0, 0.1) is 0 Å². The molecule has 2 aromatic carbocycles. The van der Waals surface area contributed by atoms with Crippen molar-refractivity contribution in [1.82, 2.24) is 0 Å². The molecule has 0 heterocycles. The van der Waals surface area contributed by atoms with Crippen LogP contribution in [0.1, 0.15) is 17.1 Å². The van der Waals surface area contributed by atoms with Crippen molar-refractivity contribution in [2.45, 2.75) is 5.94 Å². The number of anilines is 1. The van der Waals surface area contributed by atoms with E-state index in [9.17, 15) is 4.79 Å². The van der Waals surface area contributed by atoms with Crippen molar-refractivity contribution in [1.29, 1.82) is 0 Å². The minimum absolute atomic E-state index is 0.312. The molecule has 0 saturated heterocycles. The van der Waals surface area contributed by atoms with Gasteiger partial charge in [-0.3, -0.25) is 0 Å². The van der Waals surface area contributed by atoms with Crippen molar-refractivity contribution < 1.29 is 9.53 Å². The molecule has 0 aliphatic heterocycles. The fourth-order valence-corrected chi connectivity index (χ4v) is 2.16. The Hall–Kier alpha value is -2.01. The Morgan fingerprint density at radius 3 is 2.68 bits per heavy atom. The number of esters is 1. The first-order valence-electron chi connectivity index (χ1n) is 6.72. The highest BCUT2D eigenvalue weighted by Gasteiger charge is 2.05. The van der Waals surface area contributed by atoms with E-state index in [0.29, 0.717) is 0 Å². The molecule has 0 fully saturated rings. The molecule has 0 bridgehead atoms. The molecule has 2 rings (SSSR count). The average molecular weight is 356 g/mol. The molecule has 2 radical (unpaired) electrons. The molecule has 0 aromatic heterocycles. The number of carbonyl (C=O) groups excluding carboxylic acids is 1. The third kappa shape index (κ3) is 4.77. The predicted octanol–water partition coefficient (Wildman–Crippen LogP) is 3.91. The number of hydrogen-bond donors (Lipinski definition) is 1. The molecular formula is C17H15BBrNO2. The van der Waals surface area contributed by atoms with Crippen LogP contribution in [0.2, 0.25) is 0 Å². The van der Waals surface area contributed by atoms with Crippen molar-refractivity contribution in [3.05, 3.63) is 70.2 Å². The second-order valence-electron chi connectivity index (χ2n) is 4.66. The summed E-state index contributed by atoms with van der Waals surface area (Å²) >= 11 is 3.40. The monoisotopic (exact) mass is 355 g/mol. The van der Waals surface area contributed by atoms with Gasteiger partial charge in [0.25, 0.3) is 0 Å². The summed E-state index contributed by atoms with van der Waals surface area (Å²) in [5, 5.41) is 3.23. The Morgan fingerprint density at radius 2 is 2.00 bits per heavy atom. The summed E-state index contributed by atoms with van der Waals surface area (Å²) in [6.45, 7) is 0. The van der Waals surface area contributed by atoms with Crippen LogP contribution in [-0.4, -0.2) is 20.9 Å². The summed E-state index contributed by atoms with van der Waals surface area (Å²) in [4.78, 5) is 11.1. The second kappa shape index (κ2) is 7.85. The Morgan fingerprint density at radius 1 is 1.27 bits per heavy atom. The molecule has 5 heteroatoms. The molecule has 1 N–H and O–H groups in total. The summed E-state index contributed by atoms with van der Waals surface area (Å²) in [5.74, 6) is -0.696. The van der Waals surface area contributed by atoms with E-state index in [-0.39, 0.29) is 11.9 Å². The van der Waals surface area contributed by atoms with E-state index in [1.807, 2.05) is 48.5 Å². The van der Waals surface area contributed by atoms with Gasteiger partial charge in [-0.25, -0.2) is 4.79 Å². The molecule has 1 unspecified atom stereocenters. The standard InChI is InChI=1S/C17H15BBrNO2/c1-22-16(21)10-5-12-3-2-4-15(11-12)20-17(18)13-6-8-14(19)9-7-13/h2-11,17,20H,1H3/b10-5+. The minimum Gasteiger partial charge on any atom is -0.466 e. The lowest BCUT2D eigenvalue weighted by atomic mass is 9.88. The van der Waals surface area contributed by atoms with Crippen LogP contribution in [0.3, 0.4) is 0 Å².